The van der Waals surface area contributed by atoms with E-state index in [9.17, 15) is 14.0 Å². The number of rotatable bonds is 4. The third kappa shape index (κ3) is 4.34. The molecule has 0 saturated carbocycles. The Bertz CT molecular complexity index is 942. The van der Waals surface area contributed by atoms with E-state index in [0.29, 0.717) is 30.9 Å². The summed E-state index contributed by atoms with van der Waals surface area (Å²) >= 11 is 5.70. The van der Waals surface area contributed by atoms with Crippen molar-refractivity contribution >= 4 is 23.4 Å². The standard InChI is InChI=1S/C20H20ClFN4O2/c1-25-12-14(10-23)8-18(25)20(28)26-6-4-13(5-7-26)11-24-19(27)16-3-2-15(21)9-17(16)22/h2-3,8-9,12-13H,4-7,11H2,1H3,(H,24,27). The SMILES string of the molecule is Cn1cc(C#N)cc1C(=O)N1CCC(CNC(=O)c2ccc(Cl)cc2F)CC1. The van der Waals surface area contributed by atoms with Crippen LogP contribution in [0.4, 0.5) is 4.39 Å². The lowest BCUT2D eigenvalue weighted by molar-refractivity contribution is 0.0674. The monoisotopic (exact) mass is 402 g/mol. The molecule has 0 radical (unpaired) electrons. The van der Waals surface area contributed by atoms with Crippen molar-refractivity contribution < 1.29 is 14.0 Å². The van der Waals surface area contributed by atoms with E-state index in [-0.39, 0.29) is 22.4 Å². The molecule has 8 heteroatoms. The van der Waals surface area contributed by atoms with Gasteiger partial charge in [0.15, 0.2) is 0 Å². The predicted molar refractivity (Wildman–Crippen MR) is 102 cm³/mol. The number of nitrogens with zero attached hydrogens (tertiary/aromatic N) is 3. The van der Waals surface area contributed by atoms with Crippen LogP contribution in [0.1, 0.15) is 39.3 Å². The van der Waals surface area contributed by atoms with E-state index in [1.807, 2.05) is 6.07 Å². The van der Waals surface area contributed by atoms with Crippen LogP contribution in [0.3, 0.4) is 0 Å². The third-order valence-electron chi connectivity index (χ3n) is 4.98. The number of aryl methyl sites for hydroxylation is 1. The van der Waals surface area contributed by atoms with E-state index >= 15 is 0 Å². The topological polar surface area (TPSA) is 78.1 Å². The lowest BCUT2D eigenvalue weighted by Crippen LogP contribution is -2.42. The van der Waals surface area contributed by atoms with Gasteiger partial charge in [0.25, 0.3) is 11.8 Å². The second-order valence-corrected chi connectivity index (χ2v) is 7.34. The van der Waals surface area contributed by atoms with E-state index < -0.39 is 11.7 Å². The molecule has 6 nitrogen and oxygen atoms in total. The average molecular weight is 403 g/mol. The van der Waals surface area contributed by atoms with Crippen molar-refractivity contribution in [2.45, 2.75) is 12.8 Å². The van der Waals surface area contributed by atoms with Crippen molar-refractivity contribution in [1.82, 2.24) is 14.8 Å². The summed E-state index contributed by atoms with van der Waals surface area (Å²) in [5, 5.41) is 12.0. The van der Waals surface area contributed by atoms with Crippen molar-refractivity contribution in [3.63, 3.8) is 0 Å². The summed E-state index contributed by atoms with van der Waals surface area (Å²) in [6, 6.07) is 7.58. The maximum Gasteiger partial charge on any atom is 0.270 e. The van der Waals surface area contributed by atoms with Crippen LogP contribution in [0.25, 0.3) is 0 Å². The molecule has 1 aromatic heterocycles. The maximum atomic E-state index is 13.8. The maximum absolute atomic E-state index is 13.8. The number of amides is 2. The molecule has 0 unspecified atom stereocenters. The molecule has 146 valence electrons. The van der Waals surface area contributed by atoms with Crippen LogP contribution in [0.2, 0.25) is 5.02 Å². The molecule has 2 amide bonds. The van der Waals surface area contributed by atoms with Gasteiger partial charge in [-0.2, -0.15) is 5.26 Å². The quantitative estimate of drug-likeness (QED) is 0.853. The fourth-order valence-electron chi connectivity index (χ4n) is 3.35. The molecule has 1 aromatic carbocycles. The zero-order valence-corrected chi connectivity index (χ0v) is 16.2. The molecular formula is C20H20ClFN4O2. The summed E-state index contributed by atoms with van der Waals surface area (Å²) < 4.78 is 15.5. The summed E-state index contributed by atoms with van der Waals surface area (Å²) in [6.45, 7) is 1.56. The van der Waals surface area contributed by atoms with Gasteiger partial charge in [-0.15, -0.1) is 0 Å². The molecule has 0 atom stereocenters. The minimum absolute atomic E-state index is 0.0333. The largest absolute Gasteiger partial charge is 0.352 e. The van der Waals surface area contributed by atoms with Gasteiger partial charge in [-0.05, 0) is 43.0 Å². The van der Waals surface area contributed by atoms with Crippen molar-refractivity contribution in [1.29, 1.82) is 5.26 Å². The van der Waals surface area contributed by atoms with Crippen LogP contribution < -0.4 is 5.32 Å². The Hall–Kier alpha value is -2.85. The van der Waals surface area contributed by atoms with Gasteiger partial charge in [0.1, 0.15) is 17.6 Å². The Morgan fingerprint density at radius 3 is 2.64 bits per heavy atom. The van der Waals surface area contributed by atoms with Gasteiger partial charge in [0, 0.05) is 37.9 Å². The van der Waals surface area contributed by atoms with E-state index in [0.717, 1.165) is 18.9 Å². The molecule has 1 fully saturated rings. The highest BCUT2D eigenvalue weighted by Crippen LogP contribution is 2.20. The molecule has 1 saturated heterocycles. The van der Waals surface area contributed by atoms with E-state index in [2.05, 4.69) is 5.32 Å². The molecular weight excluding hydrogens is 383 g/mol. The Balaban J connectivity index is 1.51. The second kappa shape index (κ2) is 8.44. The molecule has 1 N–H and O–H groups in total. The van der Waals surface area contributed by atoms with Gasteiger partial charge in [0.05, 0.1) is 11.1 Å². The first-order chi connectivity index (χ1) is 13.4. The lowest BCUT2D eigenvalue weighted by Gasteiger charge is -2.32. The smallest absolute Gasteiger partial charge is 0.270 e. The molecule has 3 rings (SSSR count). The van der Waals surface area contributed by atoms with Crippen molar-refractivity contribution in [2.24, 2.45) is 13.0 Å². The highest BCUT2D eigenvalue weighted by atomic mass is 35.5. The molecule has 2 heterocycles. The van der Waals surface area contributed by atoms with Crippen LogP contribution in [0.15, 0.2) is 30.5 Å². The Kier molecular flexibility index (Phi) is 6.00. The zero-order valence-electron chi connectivity index (χ0n) is 15.4. The average Bonchev–Trinajstić information content (AvgIpc) is 3.07. The van der Waals surface area contributed by atoms with Gasteiger partial charge in [0.2, 0.25) is 0 Å². The van der Waals surface area contributed by atoms with Gasteiger partial charge < -0.3 is 14.8 Å². The molecule has 28 heavy (non-hydrogen) atoms. The molecule has 0 aliphatic carbocycles. The van der Waals surface area contributed by atoms with E-state index in [1.54, 1.807) is 28.8 Å². The van der Waals surface area contributed by atoms with Crippen molar-refractivity contribution in [3.8, 4) is 6.07 Å². The van der Waals surface area contributed by atoms with Gasteiger partial charge >= 0.3 is 0 Å². The number of nitrogens with one attached hydrogen (secondary N) is 1. The number of halogens is 2. The third-order valence-corrected chi connectivity index (χ3v) is 5.22. The molecule has 0 bridgehead atoms. The lowest BCUT2D eigenvalue weighted by atomic mass is 9.96. The van der Waals surface area contributed by atoms with Crippen molar-refractivity contribution in [2.75, 3.05) is 19.6 Å². The summed E-state index contributed by atoms with van der Waals surface area (Å²) in [6.07, 6.45) is 3.11. The Morgan fingerprint density at radius 1 is 1.32 bits per heavy atom. The van der Waals surface area contributed by atoms with Crippen LogP contribution in [-0.4, -0.2) is 40.9 Å². The van der Waals surface area contributed by atoms with Crippen LogP contribution >= 0.6 is 11.6 Å². The van der Waals surface area contributed by atoms with Crippen LogP contribution in [-0.2, 0) is 7.05 Å². The second-order valence-electron chi connectivity index (χ2n) is 6.91. The summed E-state index contributed by atoms with van der Waals surface area (Å²) in [4.78, 5) is 26.6. The van der Waals surface area contributed by atoms with E-state index in [1.165, 1.54) is 12.1 Å². The number of likely N-dealkylation sites (tertiary alicyclic amines) is 1. The number of benzene rings is 1. The normalized spacial score (nSPS) is 14.6. The van der Waals surface area contributed by atoms with Gasteiger partial charge in [-0.25, -0.2) is 4.39 Å². The fraction of sp³-hybridized carbons (Fsp3) is 0.350. The number of nitriles is 1. The summed E-state index contributed by atoms with van der Waals surface area (Å²) in [5.41, 5.74) is 0.911. The van der Waals surface area contributed by atoms with E-state index in [4.69, 9.17) is 16.9 Å². The molecule has 1 aliphatic rings. The molecule has 2 aromatic rings. The molecule has 1 aliphatic heterocycles. The number of hydrogen-bond donors (Lipinski definition) is 1. The number of aromatic nitrogens is 1. The van der Waals surface area contributed by atoms with Gasteiger partial charge in [-0.3, -0.25) is 9.59 Å². The minimum Gasteiger partial charge on any atom is -0.352 e. The first kappa shape index (κ1) is 19.9. The predicted octanol–water partition coefficient (Wildman–Crippen LogP) is 2.97. The number of piperidine rings is 1. The summed E-state index contributed by atoms with van der Waals surface area (Å²) in [7, 11) is 1.74. The summed E-state index contributed by atoms with van der Waals surface area (Å²) in [5.74, 6) is -1.01. The Labute approximate surface area is 167 Å². The van der Waals surface area contributed by atoms with Crippen LogP contribution in [0.5, 0.6) is 0 Å². The number of hydrogen-bond acceptors (Lipinski definition) is 3. The number of carbonyl (C=O) groups excluding carboxylic acids is 2. The highest BCUT2D eigenvalue weighted by Gasteiger charge is 2.26. The first-order valence-electron chi connectivity index (χ1n) is 8.98. The fourth-order valence-corrected chi connectivity index (χ4v) is 3.51. The minimum atomic E-state index is -0.648. The first-order valence-corrected chi connectivity index (χ1v) is 9.36. The van der Waals surface area contributed by atoms with Gasteiger partial charge in [-0.1, -0.05) is 11.6 Å². The molecule has 0 spiro atoms. The Morgan fingerprint density at radius 2 is 2.04 bits per heavy atom. The van der Waals surface area contributed by atoms with Crippen molar-refractivity contribution in [3.05, 3.63) is 58.1 Å². The van der Waals surface area contributed by atoms with Crippen LogP contribution in [0, 0.1) is 23.1 Å². The highest BCUT2D eigenvalue weighted by molar-refractivity contribution is 6.30. The number of carbonyl (C=O) groups is 2. The zero-order chi connectivity index (χ0) is 20.3.